The molecule has 1 aliphatic heterocycles. The summed E-state index contributed by atoms with van der Waals surface area (Å²) in [6.07, 6.45) is 1.37. The predicted octanol–water partition coefficient (Wildman–Crippen LogP) is 3.19. The van der Waals surface area contributed by atoms with Gasteiger partial charge in [0.15, 0.2) is 0 Å². The molecular formula is C12H22N2O3. The summed E-state index contributed by atoms with van der Waals surface area (Å²) in [7, 11) is 0. The average Bonchev–Trinajstić information content (AvgIpc) is 2.24. The lowest BCUT2D eigenvalue weighted by atomic mass is 9.97. The highest BCUT2D eigenvalue weighted by atomic mass is 16.6. The van der Waals surface area contributed by atoms with E-state index >= 15 is 0 Å². The fourth-order valence-electron chi connectivity index (χ4n) is 1.67. The number of hydrogen-bond acceptors (Lipinski definition) is 4. The third-order valence-corrected chi connectivity index (χ3v) is 2.54. The molecule has 17 heavy (non-hydrogen) atoms. The molecule has 0 bridgehead atoms. The van der Waals surface area contributed by atoms with Crippen molar-refractivity contribution in [2.75, 3.05) is 13.2 Å². The van der Waals surface area contributed by atoms with Crippen molar-refractivity contribution in [3.8, 4) is 0 Å². The molecule has 2 atom stereocenters. The Kier molecular flexibility index (Phi) is 5.05. The largest absolute Gasteiger partial charge is 0.452 e. The molecule has 98 valence electrons. The van der Waals surface area contributed by atoms with Gasteiger partial charge in [-0.3, -0.25) is 0 Å². The molecule has 0 aromatic carbocycles. The van der Waals surface area contributed by atoms with E-state index in [9.17, 15) is 4.79 Å². The molecule has 1 rings (SSSR count). The summed E-state index contributed by atoms with van der Waals surface area (Å²) >= 11 is 0. The first kappa shape index (κ1) is 14.1. The maximum Gasteiger partial charge on any atom is 0.452 e. The van der Waals surface area contributed by atoms with Crippen molar-refractivity contribution in [1.82, 2.24) is 0 Å². The van der Waals surface area contributed by atoms with Crippen molar-refractivity contribution >= 4 is 6.09 Å². The first-order chi connectivity index (χ1) is 7.90. The first-order valence-electron chi connectivity index (χ1n) is 6.12. The van der Waals surface area contributed by atoms with Gasteiger partial charge in [-0.1, -0.05) is 18.5 Å². The van der Waals surface area contributed by atoms with Gasteiger partial charge < -0.3 is 9.47 Å². The maximum absolute atomic E-state index is 11.3. The fourth-order valence-corrected chi connectivity index (χ4v) is 1.67. The molecular weight excluding hydrogens is 220 g/mol. The molecule has 0 saturated carbocycles. The smallest absolute Gasteiger partial charge is 0.441 e. The number of amides is 1. The number of hydrogen-bond donors (Lipinski definition) is 0. The van der Waals surface area contributed by atoms with Crippen molar-refractivity contribution in [2.45, 2.75) is 52.2 Å². The van der Waals surface area contributed by atoms with E-state index in [2.05, 4.69) is 17.2 Å². The molecule has 1 saturated heterocycles. The summed E-state index contributed by atoms with van der Waals surface area (Å²) in [6.45, 7) is 8.87. The van der Waals surface area contributed by atoms with Crippen LogP contribution >= 0.6 is 0 Å². The van der Waals surface area contributed by atoms with Crippen LogP contribution in [0.1, 0.15) is 40.5 Å². The second kappa shape index (κ2) is 6.10. The maximum atomic E-state index is 11.3. The van der Waals surface area contributed by atoms with Gasteiger partial charge in [0.2, 0.25) is 0 Å². The molecule has 0 aliphatic carbocycles. The Bertz CT molecular complexity index is 284. The van der Waals surface area contributed by atoms with E-state index in [1.54, 1.807) is 20.8 Å². The summed E-state index contributed by atoms with van der Waals surface area (Å²) in [5.74, 6) is 0.520. The molecule has 1 amide bonds. The highest BCUT2D eigenvalue weighted by molar-refractivity contribution is 5.67. The van der Waals surface area contributed by atoms with Crippen LogP contribution in [-0.2, 0) is 9.47 Å². The van der Waals surface area contributed by atoms with Gasteiger partial charge in [0.05, 0.1) is 12.6 Å². The Hall–Kier alpha value is -0.970. The SMILES string of the molecule is CCC1COCC(N=NC(=O)OC(C)(C)C)C1. The first-order valence-corrected chi connectivity index (χ1v) is 6.12. The molecule has 1 heterocycles. The zero-order valence-electron chi connectivity index (χ0n) is 11.1. The molecule has 5 heteroatoms. The van der Waals surface area contributed by atoms with Crippen LogP contribution in [0.3, 0.4) is 0 Å². The zero-order valence-corrected chi connectivity index (χ0v) is 11.1. The topological polar surface area (TPSA) is 60.2 Å². The lowest BCUT2D eigenvalue weighted by molar-refractivity contribution is 0.0365. The van der Waals surface area contributed by atoms with Crippen LogP contribution in [0.5, 0.6) is 0 Å². The number of carbonyl (C=O) groups excluding carboxylic acids is 1. The van der Waals surface area contributed by atoms with Crippen LogP contribution in [0.15, 0.2) is 10.2 Å². The molecule has 0 aromatic heterocycles. The van der Waals surface area contributed by atoms with Gasteiger partial charge in [-0.05, 0) is 33.1 Å². The zero-order chi connectivity index (χ0) is 12.9. The van der Waals surface area contributed by atoms with Gasteiger partial charge in [0, 0.05) is 6.61 Å². The average molecular weight is 242 g/mol. The van der Waals surface area contributed by atoms with Crippen LogP contribution < -0.4 is 0 Å². The standard InChI is InChI=1S/C12H22N2O3/c1-5-9-6-10(8-16-7-9)13-14-11(15)17-12(2,3)4/h9-10H,5-8H2,1-4H3. The Balaban J connectivity index is 2.39. The van der Waals surface area contributed by atoms with Crippen molar-refractivity contribution in [1.29, 1.82) is 0 Å². The number of ether oxygens (including phenoxy) is 2. The van der Waals surface area contributed by atoms with E-state index in [4.69, 9.17) is 9.47 Å². The highest BCUT2D eigenvalue weighted by Crippen LogP contribution is 2.20. The van der Waals surface area contributed by atoms with Crippen LogP contribution in [0, 0.1) is 5.92 Å². The molecule has 1 fully saturated rings. The van der Waals surface area contributed by atoms with Gasteiger partial charge in [-0.15, -0.1) is 0 Å². The molecule has 2 unspecified atom stereocenters. The number of nitrogens with zero attached hydrogens (tertiary/aromatic N) is 2. The van der Waals surface area contributed by atoms with Gasteiger partial charge in [0.1, 0.15) is 5.60 Å². The third kappa shape index (κ3) is 5.77. The minimum atomic E-state index is -0.629. The molecule has 0 N–H and O–H groups in total. The van der Waals surface area contributed by atoms with Gasteiger partial charge >= 0.3 is 6.09 Å². The normalized spacial score (nSPS) is 26.1. The fraction of sp³-hybridized carbons (Fsp3) is 0.917. The number of carbonyl (C=O) groups is 1. The van der Waals surface area contributed by atoms with E-state index in [0.29, 0.717) is 12.5 Å². The van der Waals surface area contributed by atoms with Crippen LogP contribution in [0.25, 0.3) is 0 Å². The van der Waals surface area contributed by atoms with Crippen molar-refractivity contribution in [3.63, 3.8) is 0 Å². The van der Waals surface area contributed by atoms with Crippen molar-refractivity contribution in [2.24, 2.45) is 16.1 Å². The minimum absolute atomic E-state index is 0.0128. The Morgan fingerprint density at radius 1 is 1.41 bits per heavy atom. The molecule has 5 nitrogen and oxygen atoms in total. The van der Waals surface area contributed by atoms with E-state index in [-0.39, 0.29) is 6.04 Å². The third-order valence-electron chi connectivity index (χ3n) is 2.54. The Morgan fingerprint density at radius 3 is 2.71 bits per heavy atom. The monoisotopic (exact) mass is 242 g/mol. The van der Waals surface area contributed by atoms with Gasteiger partial charge in [-0.25, -0.2) is 4.79 Å². The predicted molar refractivity (Wildman–Crippen MR) is 64.1 cm³/mol. The van der Waals surface area contributed by atoms with E-state index in [1.165, 1.54) is 0 Å². The number of azo groups is 1. The van der Waals surface area contributed by atoms with Crippen LogP contribution in [0.2, 0.25) is 0 Å². The van der Waals surface area contributed by atoms with Crippen molar-refractivity contribution < 1.29 is 14.3 Å². The quantitative estimate of drug-likeness (QED) is 0.699. The Morgan fingerprint density at radius 2 is 2.12 bits per heavy atom. The van der Waals surface area contributed by atoms with E-state index < -0.39 is 11.7 Å². The van der Waals surface area contributed by atoms with Crippen LogP contribution in [0.4, 0.5) is 4.79 Å². The molecule has 0 aromatic rings. The second-order valence-electron chi connectivity index (χ2n) is 5.40. The lowest BCUT2D eigenvalue weighted by Gasteiger charge is -2.25. The summed E-state index contributed by atoms with van der Waals surface area (Å²) in [6, 6.07) is -0.0128. The second-order valence-corrected chi connectivity index (χ2v) is 5.40. The van der Waals surface area contributed by atoms with Crippen molar-refractivity contribution in [3.05, 3.63) is 0 Å². The summed E-state index contributed by atoms with van der Waals surface area (Å²) in [5, 5.41) is 7.58. The minimum Gasteiger partial charge on any atom is -0.441 e. The van der Waals surface area contributed by atoms with Gasteiger partial charge in [0.25, 0.3) is 0 Å². The molecule has 1 aliphatic rings. The summed E-state index contributed by atoms with van der Waals surface area (Å²) < 4.78 is 10.5. The number of rotatable bonds is 2. The molecule has 0 radical (unpaired) electrons. The summed E-state index contributed by atoms with van der Waals surface area (Å²) in [5.41, 5.74) is -0.523. The van der Waals surface area contributed by atoms with E-state index in [0.717, 1.165) is 19.4 Å². The van der Waals surface area contributed by atoms with E-state index in [1.807, 2.05) is 0 Å². The van der Waals surface area contributed by atoms with Gasteiger partial charge in [-0.2, -0.15) is 5.11 Å². The Labute approximate surface area is 103 Å². The van der Waals surface area contributed by atoms with Crippen LogP contribution in [-0.4, -0.2) is 30.9 Å². The highest BCUT2D eigenvalue weighted by Gasteiger charge is 2.22. The molecule has 0 spiro atoms. The summed E-state index contributed by atoms with van der Waals surface area (Å²) in [4.78, 5) is 11.3. The lowest BCUT2D eigenvalue weighted by Crippen LogP contribution is -2.28.